The van der Waals surface area contributed by atoms with Crippen molar-refractivity contribution in [1.29, 1.82) is 0 Å². The molecule has 0 amide bonds. The molecule has 2 rings (SSSR count). The van der Waals surface area contributed by atoms with Gasteiger partial charge in [0, 0.05) is 31.8 Å². The lowest BCUT2D eigenvalue weighted by Crippen LogP contribution is -2.54. The maximum atomic E-state index is 5.46. The van der Waals surface area contributed by atoms with E-state index in [4.69, 9.17) is 4.74 Å². The van der Waals surface area contributed by atoms with Crippen LogP contribution in [0, 0.1) is 0 Å². The summed E-state index contributed by atoms with van der Waals surface area (Å²) in [5.74, 6) is 0. The molecule has 18 heavy (non-hydrogen) atoms. The summed E-state index contributed by atoms with van der Waals surface area (Å²) in [4.78, 5) is 2.65. The van der Waals surface area contributed by atoms with E-state index < -0.39 is 0 Å². The molecule has 106 valence electrons. The molecule has 1 heterocycles. The zero-order chi connectivity index (χ0) is 13.0. The third kappa shape index (κ3) is 3.46. The van der Waals surface area contributed by atoms with Gasteiger partial charge in [0.2, 0.25) is 0 Å². The van der Waals surface area contributed by atoms with Gasteiger partial charge in [-0.25, -0.2) is 0 Å². The molecule has 3 nitrogen and oxygen atoms in total. The first kappa shape index (κ1) is 14.3. The molecule has 0 bridgehead atoms. The Hall–Kier alpha value is -0.120. The van der Waals surface area contributed by atoms with Crippen LogP contribution in [-0.2, 0) is 4.74 Å². The molecule has 0 aromatic rings. The minimum atomic E-state index is 0.339. The van der Waals surface area contributed by atoms with Gasteiger partial charge in [0.15, 0.2) is 0 Å². The fourth-order valence-electron chi connectivity index (χ4n) is 3.54. The molecule has 1 saturated heterocycles. The van der Waals surface area contributed by atoms with Gasteiger partial charge in [0.25, 0.3) is 0 Å². The minimum Gasteiger partial charge on any atom is -0.380 e. The molecule has 1 N–H and O–H groups in total. The largest absolute Gasteiger partial charge is 0.380 e. The summed E-state index contributed by atoms with van der Waals surface area (Å²) in [6.07, 6.45) is 8.54. The van der Waals surface area contributed by atoms with E-state index in [-0.39, 0.29) is 0 Å². The smallest absolute Gasteiger partial charge is 0.0670 e. The number of methoxy groups -OCH3 is 1. The number of hydrogen-bond acceptors (Lipinski definition) is 3. The van der Waals surface area contributed by atoms with Crippen LogP contribution in [0.1, 0.15) is 52.4 Å². The molecule has 1 aliphatic heterocycles. The van der Waals surface area contributed by atoms with Crippen molar-refractivity contribution in [2.75, 3.05) is 26.7 Å². The predicted octanol–water partition coefficient (Wildman–Crippen LogP) is 2.41. The summed E-state index contributed by atoms with van der Waals surface area (Å²) in [6.45, 7) is 8.01. The van der Waals surface area contributed by atoms with Gasteiger partial charge >= 0.3 is 0 Å². The predicted molar refractivity (Wildman–Crippen MR) is 75.9 cm³/mol. The topological polar surface area (TPSA) is 24.5 Å². The third-order valence-corrected chi connectivity index (χ3v) is 4.90. The molecule has 1 saturated carbocycles. The highest BCUT2D eigenvalue weighted by Gasteiger charge is 2.36. The molecule has 0 aromatic carbocycles. The Kier molecular flexibility index (Phi) is 5.05. The molecule has 2 fully saturated rings. The van der Waals surface area contributed by atoms with Crippen molar-refractivity contribution in [2.24, 2.45) is 0 Å². The van der Waals surface area contributed by atoms with Crippen molar-refractivity contribution < 1.29 is 4.74 Å². The Balaban J connectivity index is 2.01. The molecule has 2 unspecified atom stereocenters. The van der Waals surface area contributed by atoms with Crippen molar-refractivity contribution in [3.63, 3.8) is 0 Å². The van der Waals surface area contributed by atoms with Gasteiger partial charge in [0.05, 0.1) is 6.10 Å². The number of ether oxygens (including phenoxy) is 1. The minimum absolute atomic E-state index is 0.339. The monoisotopic (exact) mass is 254 g/mol. The summed E-state index contributed by atoms with van der Waals surface area (Å²) in [5, 5.41) is 3.87. The summed E-state index contributed by atoms with van der Waals surface area (Å²) in [6, 6.07) is 0.677. The fraction of sp³-hybridized carbons (Fsp3) is 1.00. The van der Waals surface area contributed by atoms with E-state index in [9.17, 15) is 0 Å². The van der Waals surface area contributed by atoms with E-state index in [1.165, 1.54) is 51.6 Å². The second-order valence-electron chi connectivity index (χ2n) is 6.38. The van der Waals surface area contributed by atoms with Gasteiger partial charge < -0.3 is 10.1 Å². The van der Waals surface area contributed by atoms with E-state index in [1.54, 1.807) is 0 Å². The average Bonchev–Trinajstić information content (AvgIpc) is 2.51. The maximum absolute atomic E-state index is 5.46. The van der Waals surface area contributed by atoms with Crippen molar-refractivity contribution in [2.45, 2.75) is 70.1 Å². The van der Waals surface area contributed by atoms with E-state index in [1.807, 2.05) is 7.11 Å². The summed E-state index contributed by atoms with van der Waals surface area (Å²) in [5.41, 5.74) is 0.399. The lowest BCUT2D eigenvalue weighted by Gasteiger charge is -2.41. The van der Waals surface area contributed by atoms with Crippen molar-refractivity contribution in [1.82, 2.24) is 10.2 Å². The van der Waals surface area contributed by atoms with Crippen LogP contribution < -0.4 is 5.32 Å². The second kappa shape index (κ2) is 6.36. The normalized spacial score (nSPS) is 31.2. The Morgan fingerprint density at radius 3 is 2.72 bits per heavy atom. The standard InChI is InChI=1S/C15H30N2O/c1-13-7-10-16-15(8-5-4-6-9-15)12-17(13)11-14(2)18-3/h13-14,16H,4-12H2,1-3H3. The maximum Gasteiger partial charge on any atom is 0.0670 e. The highest BCUT2D eigenvalue weighted by molar-refractivity contribution is 4.97. The highest BCUT2D eigenvalue weighted by Crippen LogP contribution is 2.31. The van der Waals surface area contributed by atoms with Gasteiger partial charge in [0.1, 0.15) is 0 Å². The summed E-state index contributed by atoms with van der Waals surface area (Å²) < 4.78 is 5.46. The van der Waals surface area contributed by atoms with E-state index in [2.05, 4.69) is 24.1 Å². The van der Waals surface area contributed by atoms with Crippen LogP contribution in [0.2, 0.25) is 0 Å². The van der Waals surface area contributed by atoms with Crippen LogP contribution in [0.15, 0.2) is 0 Å². The first-order valence-electron chi connectivity index (χ1n) is 7.67. The summed E-state index contributed by atoms with van der Waals surface area (Å²) in [7, 11) is 1.82. The second-order valence-corrected chi connectivity index (χ2v) is 6.38. The molecule has 2 aliphatic rings. The SMILES string of the molecule is COC(C)CN1CC2(CCCCC2)NCCC1C. The molecular formula is C15H30N2O. The fourth-order valence-corrected chi connectivity index (χ4v) is 3.54. The Labute approximate surface area is 112 Å². The zero-order valence-electron chi connectivity index (χ0n) is 12.4. The van der Waals surface area contributed by atoms with Gasteiger partial charge in [-0.05, 0) is 39.7 Å². The highest BCUT2D eigenvalue weighted by atomic mass is 16.5. The average molecular weight is 254 g/mol. The molecule has 2 atom stereocenters. The van der Waals surface area contributed by atoms with Crippen molar-refractivity contribution in [3.05, 3.63) is 0 Å². The Bertz CT molecular complexity index is 251. The lowest BCUT2D eigenvalue weighted by molar-refractivity contribution is 0.0492. The number of rotatable bonds is 3. The lowest BCUT2D eigenvalue weighted by atomic mass is 9.81. The Morgan fingerprint density at radius 1 is 1.33 bits per heavy atom. The van der Waals surface area contributed by atoms with Crippen LogP contribution in [-0.4, -0.2) is 49.3 Å². The quantitative estimate of drug-likeness (QED) is 0.837. The third-order valence-electron chi connectivity index (χ3n) is 4.90. The number of nitrogens with one attached hydrogen (secondary N) is 1. The Morgan fingerprint density at radius 2 is 2.06 bits per heavy atom. The van der Waals surface area contributed by atoms with Gasteiger partial charge in [-0.15, -0.1) is 0 Å². The molecule has 1 spiro atoms. The first-order chi connectivity index (χ1) is 8.65. The van der Waals surface area contributed by atoms with Gasteiger partial charge in [-0.2, -0.15) is 0 Å². The van der Waals surface area contributed by atoms with E-state index in [0.717, 1.165) is 6.54 Å². The molecule has 0 aromatic heterocycles. The van der Waals surface area contributed by atoms with E-state index in [0.29, 0.717) is 17.7 Å². The molecular weight excluding hydrogens is 224 g/mol. The van der Waals surface area contributed by atoms with Crippen LogP contribution in [0.4, 0.5) is 0 Å². The van der Waals surface area contributed by atoms with Crippen molar-refractivity contribution >= 4 is 0 Å². The van der Waals surface area contributed by atoms with Crippen LogP contribution in [0.25, 0.3) is 0 Å². The molecule has 0 radical (unpaired) electrons. The van der Waals surface area contributed by atoms with Crippen LogP contribution in [0.5, 0.6) is 0 Å². The van der Waals surface area contributed by atoms with E-state index >= 15 is 0 Å². The zero-order valence-corrected chi connectivity index (χ0v) is 12.4. The van der Waals surface area contributed by atoms with Gasteiger partial charge in [-0.1, -0.05) is 19.3 Å². The summed E-state index contributed by atoms with van der Waals surface area (Å²) >= 11 is 0. The van der Waals surface area contributed by atoms with Gasteiger partial charge in [-0.3, -0.25) is 4.90 Å². The number of hydrogen-bond donors (Lipinski definition) is 1. The molecule has 3 heteroatoms. The van der Waals surface area contributed by atoms with Crippen LogP contribution in [0.3, 0.4) is 0 Å². The van der Waals surface area contributed by atoms with Crippen LogP contribution >= 0.6 is 0 Å². The first-order valence-corrected chi connectivity index (χ1v) is 7.67. The molecule has 1 aliphatic carbocycles. The number of nitrogens with zero attached hydrogens (tertiary/aromatic N) is 1. The van der Waals surface area contributed by atoms with Crippen molar-refractivity contribution in [3.8, 4) is 0 Å².